The molecule has 0 radical (unpaired) electrons. The summed E-state index contributed by atoms with van der Waals surface area (Å²) in [6, 6.07) is 0. The van der Waals surface area contributed by atoms with E-state index in [0.717, 1.165) is 0 Å². The van der Waals surface area contributed by atoms with Gasteiger partial charge in [0.15, 0.2) is 0 Å². The average molecular weight is 314 g/mol. The van der Waals surface area contributed by atoms with Gasteiger partial charge in [0.2, 0.25) is 0 Å². The van der Waals surface area contributed by atoms with Crippen LogP contribution in [-0.4, -0.2) is 38.2 Å². The van der Waals surface area contributed by atoms with Crippen LogP contribution in [0.3, 0.4) is 0 Å². The summed E-state index contributed by atoms with van der Waals surface area (Å²) in [6.45, 7) is 9.95. The van der Waals surface area contributed by atoms with Gasteiger partial charge in [0, 0.05) is 12.8 Å². The van der Waals surface area contributed by atoms with Gasteiger partial charge < -0.3 is 9.47 Å². The number of azo groups is 1. The molecule has 0 aromatic carbocycles. The Morgan fingerprint density at radius 2 is 1.14 bits per heavy atom. The topological polar surface area (TPSA) is 77.3 Å². The zero-order chi connectivity index (χ0) is 16.8. The zero-order valence-corrected chi connectivity index (χ0v) is 14.3. The van der Waals surface area contributed by atoms with Gasteiger partial charge in [0.1, 0.15) is 0 Å². The molecular weight excluding hydrogens is 284 g/mol. The SMILES string of the molecule is CC(C)COC(=O)CCCN=NCCCC(=O)OCC(C)C. The second kappa shape index (κ2) is 13.2. The molecule has 0 fully saturated rings. The van der Waals surface area contributed by atoms with E-state index in [1.807, 2.05) is 27.7 Å². The summed E-state index contributed by atoms with van der Waals surface area (Å²) < 4.78 is 10.1. The van der Waals surface area contributed by atoms with Gasteiger partial charge in [-0.05, 0) is 24.7 Å². The molecule has 0 amide bonds. The summed E-state index contributed by atoms with van der Waals surface area (Å²) in [5, 5.41) is 7.95. The highest BCUT2D eigenvalue weighted by Gasteiger charge is 2.04. The molecule has 0 N–H and O–H groups in total. The van der Waals surface area contributed by atoms with E-state index < -0.39 is 0 Å². The van der Waals surface area contributed by atoms with Crippen LogP contribution in [-0.2, 0) is 19.1 Å². The van der Waals surface area contributed by atoms with Gasteiger partial charge in [-0.15, -0.1) is 0 Å². The minimum atomic E-state index is -0.184. The van der Waals surface area contributed by atoms with Crippen molar-refractivity contribution in [3.63, 3.8) is 0 Å². The Morgan fingerprint density at radius 3 is 1.45 bits per heavy atom. The van der Waals surface area contributed by atoms with Crippen molar-refractivity contribution in [1.29, 1.82) is 0 Å². The minimum Gasteiger partial charge on any atom is -0.465 e. The van der Waals surface area contributed by atoms with Crippen molar-refractivity contribution in [2.45, 2.75) is 53.4 Å². The molecule has 0 aliphatic heterocycles. The summed E-state index contributed by atoms with van der Waals surface area (Å²) in [6.07, 6.45) is 2.01. The lowest BCUT2D eigenvalue weighted by atomic mass is 10.2. The molecule has 0 aliphatic carbocycles. The van der Waals surface area contributed by atoms with E-state index in [2.05, 4.69) is 10.2 Å². The van der Waals surface area contributed by atoms with Crippen LogP contribution in [0.4, 0.5) is 0 Å². The summed E-state index contributed by atoms with van der Waals surface area (Å²) in [4.78, 5) is 22.6. The van der Waals surface area contributed by atoms with E-state index in [1.54, 1.807) is 0 Å². The quantitative estimate of drug-likeness (QED) is 0.314. The third-order valence-corrected chi connectivity index (χ3v) is 2.53. The molecule has 0 heterocycles. The fraction of sp³-hybridized carbons (Fsp3) is 0.875. The smallest absolute Gasteiger partial charge is 0.305 e. The van der Waals surface area contributed by atoms with Crippen molar-refractivity contribution in [1.82, 2.24) is 0 Å². The lowest BCUT2D eigenvalue weighted by Crippen LogP contribution is -2.10. The molecule has 0 atom stereocenters. The Hall–Kier alpha value is -1.46. The maximum atomic E-state index is 11.3. The largest absolute Gasteiger partial charge is 0.465 e. The molecule has 6 nitrogen and oxygen atoms in total. The van der Waals surface area contributed by atoms with Crippen molar-refractivity contribution in [2.24, 2.45) is 22.1 Å². The fourth-order valence-corrected chi connectivity index (χ4v) is 1.39. The molecule has 0 aromatic rings. The molecule has 0 saturated heterocycles. The molecule has 0 aromatic heterocycles. The maximum absolute atomic E-state index is 11.3. The lowest BCUT2D eigenvalue weighted by molar-refractivity contribution is -0.145. The van der Waals surface area contributed by atoms with E-state index in [1.165, 1.54) is 0 Å². The van der Waals surface area contributed by atoms with Crippen LogP contribution < -0.4 is 0 Å². The number of hydrogen-bond donors (Lipinski definition) is 0. The highest BCUT2D eigenvalue weighted by molar-refractivity contribution is 5.69. The molecule has 0 saturated carbocycles. The van der Waals surface area contributed by atoms with Crippen LogP contribution >= 0.6 is 0 Å². The van der Waals surface area contributed by atoms with Gasteiger partial charge in [0.25, 0.3) is 0 Å². The summed E-state index contributed by atoms with van der Waals surface area (Å²) in [5.74, 6) is 0.348. The van der Waals surface area contributed by atoms with Gasteiger partial charge in [-0.3, -0.25) is 9.59 Å². The predicted octanol–water partition coefficient (Wildman–Crippen LogP) is 3.40. The van der Waals surface area contributed by atoms with Crippen molar-refractivity contribution in [3.8, 4) is 0 Å². The molecule has 0 spiro atoms. The van der Waals surface area contributed by atoms with Gasteiger partial charge >= 0.3 is 11.9 Å². The normalized spacial score (nSPS) is 11.4. The molecular formula is C16H30N2O4. The van der Waals surface area contributed by atoms with Crippen molar-refractivity contribution in [2.75, 3.05) is 26.3 Å². The number of rotatable bonds is 12. The number of ether oxygens (including phenoxy) is 2. The minimum absolute atomic E-state index is 0.184. The first kappa shape index (κ1) is 20.5. The highest BCUT2D eigenvalue weighted by atomic mass is 16.5. The summed E-state index contributed by atoms with van der Waals surface area (Å²) in [7, 11) is 0. The Morgan fingerprint density at radius 1 is 0.773 bits per heavy atom. The Bertz CT molecular complexity index is 309. The Kier molecular flexibility index (Phi) is 12.3. The average Bonchev–Trinajstić information content (AvgIpc) is 2.45. The highest BCUT2D eigenvalue weighted by Crippen LogP contribution is 2.00. The third-order valence-electron chi connectivity index (χ3n) is 2.53. The van der Waals surface area contributed by atoms with Gasteiger partial charge in [0.05, 0.1) is 26.3 Å². The van der Waals surface area contributed by atoms with Crippen LogP contribution in [0, 0.1) is 11.8 Å². The second-order valence-electron chi connectivity index (χ2n) is 6.09. The molecule has 128 valence electrons. The van der Waals surface area contributed by atoms with Crippen molar-refractivity contribution < 1.29 is 19.1 Å². The zero-order valence-electron chi connectivity index (χ0n) is 14.3. The number of nitrogens with zero attached hydrogens (tertiary/aromatic N) is 2. The first-order chi connectivity index (χ1) is 10.4. The summed E-state index contributed by atoms with van der Waals surface area (Å²) >= 11 is 0. The van der Waals surface area contributed by atoms with E-state index in [9.17, 15) is 9.59 Å². The molecule has 0 rings (SSSR count). The fourth-order valence-electron chi connectivity index (χ4n) is 1.39. The van der Waals surface area contributed by atoms with E-state index >= 15 is 0 Å². The first-order valence-corrected chi connectivity index (χ1v) is 8.06. The maximum Gasteiger partial charge on any atom is 0.305 e. The van der Waals surface area contributed by atoms with Crippen LogP contribution in [0.25, 0.3) is 0 Å². The first-order valence-electron chi connectivity index (χ1n) is 8.06. The Labute approximate surface area is 133 Å². The third kappa shape index (κ3) is 14.9. The molecule has 22 heavy (non-hydrogen) atoms. The monoisotopic (exact) mass is 314 g/mol. The summed E-state index contributed by atoms with van der Waals surface area (Å²) in [5.41, 5.74) is 0. The van der Waals surface area contributed by atoms with E-state index in [4.69, 9.17) is 9.47 Å². The number of esters is 2. The molecule has 0 bridgehead atoms. The van der Waals surface area contributed by atoms with Gasteiger partial charge in [-0.2, -0.15) is 10.2 Å². The lowest BCUT2D eigenvalue weighted by Gasteiger charge is -2.06. The predicted molar refractivity (Wildman–Crippen MR) is 84.7 cm³/mol. The van der Waals surface area contributed by atoms with Crippen LogP contribution in [0.5, 0.6) is 0 Å². The number of carbonyl (C=O) groups is 2. The molecule has 0 aliphatic rings. The van der Waals surface area contributed by atoms with Crippen LogP contribution in [0.1, 0.15) is 53.4 Å². The van der Waals surface area contributed by atoms with Crippen molar-refractivity contribution >= 4 is 11.9 Å². The van der Waals surface area contributed by atoms with Crippen LogP contribution in [0.15, 0.2) is 10.2 Å². The second-order valence-corrected chi connectivity index (χ2v) is 6.09. The number of carbonyl (C=O) groups excluding carboxylic acids is 2. The molecule has 0 unspecified atom stereocenters. The van der Waals surface area contributed by atoms with Crippen LogP contribution in [0.2, 0.25) is 0 Å². The van der Waals surface area contributed by atoms with E-state index in [0.29, 0.717) is 63.8 Å². The molecule has 6 heteroatoms. The number of hydrogen-bond acceptors (Lipinski definition) is 6. The van der Waals surface area contributed by atoms with Gasteiger partial charge in [-0.1, -0.05) is 27.7 Å². The Balaban J connectivity index is 3.44. The van der Waals surface area contributed by atoms with Gasteiger partial charge in [-0.25, -0.2) is 0 Å². The standard InChI is InChI=1S/C16H30N2O4/c1-13(2)11-21-15(19)7-5-9-17-18-10-6-8-16(20)22-12-14(3)4/h13-14H,5-12H2,1-4H3. The van der Waals surface area contributed by atoms with E-state index in [-0.39, 0.29) is 11.9 Å². The van der Waals surface area contributed by atoms with Crippen molar-refractivity contribution in [3.05, 3.63) is 0 Å².